The van der Waals surface area contributed by atoms with Gasteiger partial charge in [-0.3, -0.25) is 14.4 Å². The fraction of sp³-hybridized carbons (Fsp3) is 0.765. The van der Waals surface area contributed by atoms with Gasteiger partial charge in [-0.1, -0.05) is 13.8 Å². The zero-order valence-corrected chi connectivity index (χ0v) is 17.5. The van der Waals surface area contributed by atoms with E-state index in [0.29, 0.717) is 5.75 Å². The summed E-state index contributed by atoms with van der Waals surface area (Å²) in [4.78, 5) is 47.9. The van der Waals surface area contributed by atoms with E-state index in [9.17, 15) is 29.4 Å². The second kappa shape index (κ2) is 13.3. The number of nitrogens with two attached hydrogens (primary N) is 1. The highest BCUT2D eigenvalue weighted by Gasteiger charge is 2.31. The molecule has 0 bridgehead atoms. The van der Waals surface area contributed by atoms with E-state index in [0.717, 1.165) is 0 Å². The number of carbonyl (C=O) groups excluding carboxylic acids is 3. The fourth-order valence-corrected chi connectivity index (χ4v) is 2.84. The van der Waals surface area contributed by atoms with Crippen molar-refractivity contribution in [3.8, 4) is 0 Å². The van der Waals surface area contributed by atoms with Crippen molar-refractivity contribution in [3.05, 3.63) is 0 Å². The number of thioether (sulfide) groups is 1. The van der Waals surface area contributed by atoms with Crippen molar-refractivity contribution in [2.45, 2.75) is 57.8 Å². The van der Waals surface area contributed by atoms with E-state index in [4.69, 9.17) is 5.73 Å². The van der Waals surface area contributed by atoms with Crippen molar-refractivity contribution >= 4 is 35.5 Å². The molecule has 0 heterocycles. The minimum absolute atomic E-state index is 0.0479. The van der Waals surface area contributed by atoms with Crippen LogP contribution in [0.5, 0.6) is 0 Å². The molecule has 11 heteroatoms. The van der Waals surface area contributed by atoms with Gasteiger partial charge in [0.05, 0.1) is 12.6 Å². The van der Waals surface area contributed by atoms with Crippen LogP contribution in [0.1, 0.15) is 33.6 Å². The highest BCUT2D eigenvalue weighted by molar-refractivity contribution is 7.98. The maximum atomic E-state index is 12.6. The third-order valence-electron chi connectivity index (χ3n) is 3.83. The van der Waals surface area contributed by atoms with Crippen LogP contribution >= 0.6 is 11.8 Å². The third kappa shape index (κ3) is 9.90. The summed E-state index contributed by atoms with van der Waals surface area (Å²) in [7, 11) is 0. The van der Waals surface area contributed by atoms with Crippen LogP contribution in [0.25, 0.3) is 0 Å². The number of aliphatic hydroxyl groups is 1. The number of hydrogen-bond donors (Lipinski definition) is 6. The first-order valence-electron chi connectivity index (χ1n) is 9.03. The van der Waals surface area contributed by atoms with Crippen LogP contribution in [0.2, 0.25) is 0 Å². The van der Waals surface area contributed by atoms with E-state index in [1.54, 1.807) is 0 Å². The number of nitrogens with one attached hydrogen (secondary N) is 3. The summed E-state index contributed by atoms with van der Waals surface area (Å²) >= 11 is 1.46. The number of amides is 3. The summed E-state index contributed by atoms with van der Waals surface area (Å²) in [5.74, 6) is -2.59. The SMILES string of the molecule is CSCCC(NC(=O)C(NC(=O)CN)C(C)O)C(=O)NC(CC(C)C)C(=O)O. The third-order valence-corrected chi connectivity index (χ3v) is 4.48. The summed E-state index contributed by atoms with van der Waals surface area (Å²) in [6, 6.07) is -3.37. The smallest absolute Gasteiger partial charge is 0.326 e. The van der Waals surface area contributed by atoms with Gasteiger partial charge in [0.2, 0.25) is 17.7 Å². The molecule has 0 aliphatic rings. The van der Waals surface area contributed by atoms with Crippen LogP contribution in [0.3, 0.4) is 0 Å². The van der Waals surface area contributed by atoms with Crippen LogP contribution in [-0.2, 0) is 19.2 Å². The minimum Gasteiger partial charge on any atom is -0.480 e. The van der Waals surface area contributed by atoms with E-state index >= 15 is 0 Å². The van der Waals surface area contributed by atoms with E-state index in [1.807, 2.05) is 20.1 Å². The second-order valence-electron chi connectivity index (χ2n) is 6.86. The Kier molecular flexibility index (Phi) is 12.5. The average molecular weight is 421 g/mol. The van der Waals surface area contributed by atoms with Gasteiger partial charge in [-0.05, 0) is 37.7 Å². The Morgan fingerprint density at radius 1 is 1.00 bits per heavy atom. The van der Waals surface area contributed by atoms with Crippen molar-refractivity contribution in [3.63, 3.8) is 0 Å². The summed E-state index contributed by atoms with van der Waals surface area (Å²) in [6.45, 7) is 4.63. The molecule has 7 N–H and O–H groups in total. The van der Waals surface area contributed by atoms with Crippen LogP contribution in [-0.4, -0.2) is 76.7 Å². The normalized spacial score (nSPS) is 15.2. The lowest BCUT2D eigenvalue weighted by Crippen LogP contribution is -2.58. The zero-order chi connectivity index (χ0) is 21.9. The first-order valence-corrected chi connectivity index (χ1v) is 10.4. The Labute approximate surface area is 169 Å². The molecule has 0 aromatic rings. The Balaban J connectivity index is 5.26. The summed E-state index contributed by atoms with van der Waals surface area (Å²) in [6.07, 6.45) is 1.11. The predicted molar refractivity (Wildman–Crippen MR) is 107 cm³/mol. The number of hydrogen-bond acceptors (Lipinski definition) is 7. The highest BCUT2D eigenvalue weighted by Crippen LogP contribution is 2.08. The molecular formula is C17H32N4O6S. The Morgan fingerprint density at radius 2 is 1.57 bits per heavy atom. The number of carboxylic acid groups (broad SMARTS) is 1. The average Bonchev–Trinajstić information content (AvgIpc) is 2.60. The number of aliphatic hydroxyl groups excluding tert-OH is 1. The lowest BCUT2D eigenvalue weighted by molar-refractivity contribution is -0.143. The molecule has 4 atom stereocenters. The number of carbonyl (C=O) groups is 4. The highest BCUT2D eigenvalue weighted by atomic mass is 32.2. The summed E-state index contributed by atoms with van der Waals surface area (Å²) in [5, 5.41) is 26.3. The molecule has 3 amide bonds. The molecule has 0 aliphatic carbocycles. The fourth-order valence-electron chi connectivity index (χ4n) is 2.37. The summed E-state index contributed by atoms with van der Waals surface area (Å²) in [5.41, 5.74) is 5.21. The molecule has 0 rings (SSSR count). The van der Waals surface area contributed by atoms with Crippen molar-refractivity contribution in [1.29, 1.82) is 0 Å². The maximum absolute atomic E-state index is 12.6. The quantitative estimate of drug-likeness (QED) is 0.213. The molecular weight excluding hydrogens is 388 g/mol. The topological polar surface area (TPSA) is 171 Å². The number of carboxylic acids is 1. The Morgan fingerprint density at radius 3 is 2.00 bits per heavy atom. The van der Waals surface area contributed by atoms with Gasteiger partial charge in [-0.25, -0.2) is 4.79 Å². The first-order chi connectivity index (χ1) is 13.0. The van der Waals surface area contributed by atoms with Crippen LogP contribution in [0.4, 0.5) is 0 Å². The molecule has 0 aliphatic heterocycles. The van der Waals surface area contributed by atoms with Crippen LogP contribution < -0.4 is 21.7 Å². The molecule has 4 unspecified atom stereocenters. The van der Waals surface area contributed by atoms with Crippen LogP contribution in [0, 0.1) is 5.92 Å². The summed E-state index contributed by atoms with van der Waals surface area (Å²) < 4.78 is 0. The molecule has 0 fully saturated rings. The zero-order valence-electron chi connectivity index (χ0n) is 16.7. The standard InChI is InChI=1S/C17H32N4O6S/c1-9(2)7-12(17(26)27)20-15(24)11(5-6-28-4)19-16(25)14(10(3)22)21-13(23)8-18/h9-12,14,22H,5-8,18H2,1-4H3,(H,19,25)(H,20,24)(H,21,23)(H,26,27). The molecule has 0 saturated carbocycles. The van der Waals surface area contributed by atoms with Gasteiger partial charge in [-0.15, -0.1) is 0 Å². The maximum Gasteiger partial charge on any atom is 0.326 e. The molecule has 0 aromatic heterocycles. The molecule has 0 aromatic carbocycles. The second-order valence-corrected chi connectivity index (χ2v) is 7.85. The van der Waals surface area contributed by atoms with Gasteiger partial charge in [-0.2, -0.15) is 11.8 Å². The van der Waals surface area contributed by atoms with Gasteiger partial charge in [0.15, 0.2) is 0 Å². The van der Waals surface area contributed by atoms with Gasteiger partial charge < -0.3 is 31.9 Å². The lowest BCUT2D eigenvalue weighted by Gasteiger charge is -2.25. The van der Waals surface area contributed by atoms with Gasteiger partial charge >= 0.3 is 5.97 Å². The lowest BCUT2D eigenvalue weighted by atomic mass is 10.0. The molecule has 28 heavy (non-hydrogen) atoms. The first kappa shape index (κ1) is 26.1. The Bertz CT molecular complexity index is 544. The molecule has 0 radical (unpaired) electrons. The van der Waals surface area contributed by atoms with Crippen molar-refractivity contribution in [1.82, 2.24) is 16.0 Å². The molecule has 162 valence electrons. The molecule has 0 saturated heterocycles. The number of rotatable bonds is 13. The van der Waals surface area contributed by atoms with Gasteiger partial charge in [0.1, 0.15) is 18.1 Å². The predicted octanol–water partition coefficient (Wildman–Crippen LogP) is -1.34. The number of aliphatic carboxylic acids is 1. The van der Waals surface area contributed by atoms with Gasteiger partial charge in [0.25, 0.3) is 0 Å². The van der Waals surface area contributed by atoms with Crippen molar-refractivity contribution < 1.29 is 29.4 Å². The molecule has 0 spiro atoms. The van der Waals surface area contributed by atoms with E-state index in [1.165, 1.54) is 18.7 Å². The van der Waals surface area contributed by atoms with Crippen molar-refractivity contribution in [2.24, 2.45) is 11.7 Å². The minimum atomic E-state index is -1.29. The monoisotopic (exact) mass is 420 g/mol. The largest absolute Gasteiger partial charge is 0.480 e. The molecule has 10 nitrogen and oxygen atoms in total. The van der Waals surface area contributed by atoms with Gasteiger partial charge in [0, 0.05) is 0 Å². The van der Waals surface area contributed by atoms with Crippen molar-refractivity contribution in [2.75, 3.05) is 18.6 Å². The van der Waals surface area contributed by atoms with E-state index in [2.05, 4.69) is 16.0 Å². The van der Waals surface area contributed by atoms with Crippen LogP contribution in [0.15, 0.2) is 0 Å². The van der Waals surface area contributed by atoms with E-state index < -0.39 is 47.9 Å². The van der Waals surface area contributed by atoms with E-state index in [-0.39, 0.29) is 25.3 Å². The Hall–Kier alpha value is -1.85.